The number of nitrogens with zero attached hydrogens (tertiary/aromatic N) is 1. The third-order valence-electron chi connectivity index (χ3n) is 5.20. The monoisotopic (exact) mass is 509 g/mol. The Morgan fingerprint density at radius 3 is 1.93 bits per heavy atom. The molecule has 0 amide bonds. The van der Waals surface area contributed by atoms with Crippen LogP contribution in [0.1, 0.15) is 53.6 Å². The van der Waals surface area contributed by atoms with Gasteiger partial charge in [0.25, 0.3) is 0 Å². The Morgan fingerprint density at radius 2 is 1.48 bits per heavy atom. The molecule has 1 aromatic carbocycles. The highest BCUT2D eigenvalue weighted by molar-refractivity contribution is 14.0. The molecule has 0 aromatic heterocycles. The molecule has 7 heteroatoms. The summed E-state index contributed by atoms with van der Waals surface area (Å²) in [6, 6.07) is 0.0335. The molecule has 1 rings (SSSR count). The fourth-order valence-electron chi connectivity index (χ4n) is 2.99. The minimum Gasteiger partial charge on any atom is -0.357 e. The molecule has 0 heterocycles. The quantitative estimate of drug-likeness (QED) is 0.334. The molecule has 0 saturated carbocycles. The van der Waals surface area contributed by atoms with Crippen LogP contribution in [0.4, 0.5) is 0 Å². The molecule has 2 N–H and O–H groups in total. The predicted octanol–water partition coefficient (Wildman–Crippen LogP) is 3.73. The summed E-state index contributed by atoms with van der Waals surface area (Å²) < 4.78 is 22.7. The molecular weight excluding hydrogens is 473 g/mol. The van der Waals surface area contributed by atoms with Crippen LogP contribution >= 0.6 is 24.0 Å². The highest BCUT2D eigenvalue weighted by Crippen LogP contribution is 2.26. The Labute approximate surface area is 182 Å². The van der Waals surface area contributed by atoms with Crippen LogP contribution in [0.2, 0.25) is 0 Å². The second-order valence-corrected chi connectivity index (χ2v) is 9.52. The highest BCUT2D eigenvalue weighted by atomic mass is 127. The maximum absolute atomic E-state index is 11.4. The van der Waals surface area contributed by atoms with E-state index in [0.29, 0.717) is 13.0 Å². The number of hydrogen-bond acceptors (Lipinski definition) is 3. The molecule has 1 unspecified atom stereocenters. The number of halogens is 1. The summed E-state index contributed by atoms with van der Waals surface area (Å²) in [6.07, 6.45) is 1.83. The van der Waals surface area contributed by atoms with E-state index in [1.54, 1.807) is 0 Å². The summed E-state index contributed by atoms with van der Waals surface area (Å²) in [4.78, 5) is 4.75. The molecule has 0 fully saturated rings. The second kappa shape index (κ2) is 11.2. The van der Waals surface area contributed by atoms with Crippen LogP contribution in [0.15, 0.2) is 4.99 Å². The minimum absolute atomic E-state index is 0. The van der Waals surface area contributed by atoms with Gasteiger partial charge in [0.1, 0.15) is 9.84 Å². The topological polar surface area (TPSA) is 70.6 Å². The van der Waals surface area contributed by atoms with E-state index in [9.17, 15) is 8.42 Å². The summed E-state index contributed by atoms with van der Waals surface area (Å²) in [5.41, 5.74) is 7.89. The summed E-state index contributed by atoms with van der Waals surface area (Å²) >= 11 is 0. The Bertz CT molecular complexity index is 745. The first-order valence-electron chi connectivity index (χ1n) is 9.26. The summed E-state index contributed by atoms with van der Waals surface area (Å²) in [7, 11) is -2.95. The second-order valence-electron chi connectivity index (χ2n) is 7.26. The maximum Gasteiger partial charge on any atom is 0.191 e. The first-order chi connectivity index (χ1) is 12.0. The zero-order valence-corrected chi connectivity index (χ0v) is 21.1. The van der Waals surface area contributed by atoms with E-state index < -0.39 is 9.84 Å². The standard InChI is InChI=1S/C20H35N3O2S.HI/c1-9-21-20(23-13(2)10-11-26(8,24)25)22-12-19-17(6)15(4)14(3)16(5)18(19)7;/h13H,9-12H2,1-8H3,(H2,21,22,23);1H. The molecule has 0 radical (unpaired) electrons. The van der Waals surface area contributed by atoms with Gasteiger partial charge in [-0.2, -0.15) is 0 Å². The van der Waals surface area contributed by atoms with Gasteiger partial charge in [-0.05, 0) is 88.3 Å². The molecule has 27 heavy (non-hydrogen) atoms. The van der Waals surface area contributed by atoms with Gasteiger partial charge in [0.05, 0.1) is 12.3 Å². The van der Waals surface area contributed by atoms with Gasteiger partial charge in [-0.15, -0.1) is 24.0 Å². The van der Waals surface area contributed by atoms with Gasteiger partial charge in [0.2, 0.25) is 0 Å². The van der Waals surface area contributed by atoms with Crippen molar-refractivity contribution < 1.29 is 8.42 Å². The molecule has 1 aromatic rings. The largest absolute Gasteiger partial charge is 0.357 e. The maximum atomic E-state index is 11.4. The Hall–Kier alpha value is -0.830. The molecular formula is C20H36IN3O2S. The fraction of sp³-hybridized carbons (Fsp3) is 0.650. The van der Waals surface area contributed by atoms with Gasteiger partial charge in [0.15, 0.2) is 5.96 Å². The number of sulfone groups is 1. The third-order valence-corrected chi connectivity index (χ3v) is 6.18. The lowest BCUT2D eigenvalue weighted by Crippen LogP contribution is -2.42. The number of hydrogen-bond donors (Lipinski definition) is 2. The van der Waals surface area contributed by atoms with Crippen molar-refractivity contribution in [2.45, 2.75) is 67.5 Å². The first kappa shape index (κ1) is 26.2. The summed E-state index contributed by atoms with van der Waals surface area (Å²) in [5, 5.41) is 6.56. The lowest BCUT2D eigenvalue weighted by molar-refractivity contribution is 0.581. The van der Waals surface area contributed by atoms with E-state index in [2.05, 4.69) is 45.3 Å². The Morgan fingerprint density at radius 1 is 1.00 bits per heavy atom. The smallest absolute Gasteiger partial charge is 0.191 e. The Kier molecular flexibility index (Phi) is 10.9. The van der Waals surface area contributed by atoms with Crippen molar-refractivity contribution in [1.29, 1.82) is 0 Å². The van der Waals surface area contributed by atoms with Gasteiger partial charge in [-0.3, -0.25) is 0 Å². The highest BCUT2D eigenvalue weighted by Gasteiger charge is 2.13. The zero-order chi connectivity index (χ0) is 20.1. The van der Waals surface area contributed by atoms with Crippen molar-refractivity contribution in [3.05, 3.63) is 33.4 Å². The Balaban J connectivity index is 0.00000676. The number of benzene rings is 1. The average Bonchev–Trinajstić information content (AvgIpc) is 2.56. The van der Waals surface area contributed by atoms with E-state index in [1.807, 2.05) is 13.8 Å². The number of aliphatic imine (C=N–C) groups is 1. The lowest BCUT2D eigenvalue weighted by Gasteiger charge is -2.20. The van der Waals surface area contributed by atoms with Crippen LogP contribution in [0.5, 0.6) is 0 Å². The summed E-state index contributed by atoms with van der Waals surface area (Å²) in [6.45, 7) is 16.2. The van der Waals surface area contributed by atoms with Crippen molar-refractivity contribution in [3.8, 4) is 0 Å². The van der Waals surface area contributed by atoms with Crippen LogP contribution in [0.25, 0.3) is 0 Å². The molecule has 0 aliphatic heterocycles. The first-order valence-corrected chi connectivity index (χ1v) is 11.3. The van der Waals surface area contributed by atoms with Crippen LogP contribution < -0.4 is 10.6 Å². The van der Waals surface area contributed by atoms with Crippen molar-refractivity contribution in [2.24, 2.45) is 4.99 Å². The van der Waals surface area contributed by atoms with Gasteiger partial charge in [-0.1, -0.05) is 0 Å². The minimum atomic E-state index is -2.95. The molecule has 0 saturated heterocycles. The van der Waals surface area contributed by atoms with E-state index in [4.69, 9.17) is 4.99 Å². The van der Waals surface area contributed by atoms with E-state index >= 15 is 0 Å². The van der Waals surface area contributed by atoms with Crippen LogP contribution in [0, 0.1) is 34.6 Å². The van der Waals surface area contributed by atoms with Crippen LogP contribution in [-0.2, 0) is 16.4 Å². The van der Waals surface area contributed by atoms with Crippen molar-refractivity contribution in [2.75, 3.05) is 18.6 Å². The molecule has 0 bridgehead atoms. The van der Waals surface area contributed by atoms with Crippen LogP contribution in [0.3, 0.4) is 0 Å². The predicted molar refractivity (Wildman–Crippen MR) is 127 cm³/mol. The fourth-order valence-corrected chi connectivity index (χ4v) is 3.77. The van der Waals surface area contributed by atoms with Gasteiger partial charge < -0.3 is 10.6 Å². The third kappa shape index (κ3) is 7.97. The zero-order valence-electron chi connectivity index (χ0n) is 18.0. The number of rotatable bonds is 7. The van der Waals surface area contributed by atoms with Crippen LogP contribution in [-0.4, -0.2) is 39.0 Å². The molecule has 156 valence electrons. The SMILES string of the molecule is CCNC(=NCc1c(C)c(C)c(C)c(C)c1C)NC(C)CCS(C)(=O)=O.I. The van der Waals surface area contributed by atoms with Crippen molar-refractivity contribution in [1.82, 2.24) is 10.6 Å². The molecule has 0 spiro atoms. The van der Waals surface area contributed by atoms with Crippen molar-refractivity contribution >= 4 is 39.8 Å². The van der Waals surface area contributed by atoms with Gasteiger partial charge in [-0.25, -0.2) is 13.4 Å². The lowest BCUT2D eigenvalue weighted by atomic mass is 9.90. The molecule has 5 nitrogen and oxygen atoms in total. The van der Waals surface area contributed by atoms with E-state index in [-0.39, 0.29) is 35.8 Å². The summed E-state index contributed by atoms with van der Waals surface area (Å²) in [5.74, 6) is 0.901. The average molecular weight is 509 g/mol. The van der Waals surface area contributed by atoms with Crippen molar-refractivity contribution in [3.63, 3.8) is 0 Å². The number of guanidine groups is 1. The molecule has 1 atom stereocenters. The normalized spacial score (nSPS) is 13.1. The van der Waals surface area contributed by atoms with Gasteiger partial charge in [0, 0.05) is 18.8 Å². The molecule has 0 aliphatic rings. The number of nitrogens with one attached hydrogen (secondary N) is 2. The van der Waals surface area contributed by atoms with E-state index in [1.165, 1.54) is 39.6 Å². The van der Waals surface area contributed by atoms with E-state index in [0.717, 1.165) is 12.5 Å². The van der Waals surface area contributed by atoms with Gasteiger partial charge >= 0.3 is 0 Å². The molecule has 0 aliphatic carbocycles.